The van der Waals surface area contributed by atoms with Gasteiger partial charge in [-0.1, -0.05) is 22.7 Å². The lowest BCUT2D eigenvalue weighted by atomic mass is 10.3. The van der Waals surface area contributed by atoms with Crippen molar-refractivity contribution in [1.29, 1.82) is 0 Å². The molecule has 4 N–H and O–H groups in total. The number of aromatic nitrogens is 4. The number of anilines is 2. The number of carboxylic acids is 2. The van der Waals surface area contributed by atoms with Gasteiger partial charge in [0.2, 0.25) is 22.1 Å². The van der Waals surface area contributed by atoms with Crippen LogP contribution in [0.1, 0.15) is 25.7 Å². The van der Waals surface area contributed by atoms with Gasteiger partial charge < -0.3 is 20.8 Å². The summed E-state index contributed by atoms with van der Waals surface area (Å²) in [5.74, 6) is -3.05. The molecule has 2 aromatic heterocycles. The monoisotopic (exact) mass is 464 g/mol. The zero-order valence-corrected chi connectivity index (χ0v) is 17.0. The molecule has 0 saturated heterocycles. The Labute approximate surface area is 172 Å². The quantitative estimate of drug-likeness (QED) is 0.279. The topological polar surface area (TPSA) is 184 Å². The number of hydrogen-bond donors (Lipinski definition) is 4. The molecular weight excluding hydrogens is 452 g/mol. The summed E-state index contributed by atoms with van der Waals surface area (Å²) in [6.45, 7) is 0. The first-order valence-corrected chi connectivity index (χ1v) is 11.1. The van der Waals surface area contributed by atoms with Crippen LogP contribution < -0.4 is 10.6 Å². The van der Waals surface area contributed by atoms with Crippen molar-refractivity contribution in [3.05, 3.63) is 0 Å². The van der Waals surface area contributed by atoms with Gasteiger partial charge in [0, 0.05) is 12.8 Å². The standard InChI is InChI=1S/C12H12N6O6S4/c19-5(1-3-7(21)22)13-9-15-17-11(25-9)27-28-12-18-16-10(26-12)14-6(20)2-4-8(23)24/h1-4H2,(H,21,22)(H,23,24)(H,13,15,19)(H,14,16,20). The molecule has 0 fully saturated rings. The molecular formula is C12H12N6O6S4. The minimum Gasteiger partial charge on any atom is -0.481 e. The lowest BCUT2D eigenvalue weighted by molar-refractivity contribution is -0.138. The van der Waals surface area contributed by atoms with E-state index in [1.54, 1.807) is 0 Å². The summed E-state index contributed by atoms with van der Waals surface area (Å²) >= 11 is 2.23. The molecule has 0 atom stereocenters. The third kappa shape index (κ3) is 8.15. The molecule has 0 saturated carbocycles. The Morgan fingerprint density at radius 1 is 0.714 bits per heavy atom. The molecule has 2 heterocycles. The van der Waals surface area contributed by atoms with Crippen LogP contribution in [-0.4, -0.2) is 54.4 Å². The molecule has 0 aliphatic rings. The fourth-order valence-electron chi connectivity index (χ4n) is 1.46. The Balaban J connectivity index is 1.77. The van der Waals surface area contributed by atoms with Crippen LogP contribution in [0.25, 0.3) is 0 Å². The van der Waals surface area contributed by atoms with Gasteiger partial charge in [0.05, 0.1) is 12.8 Å². The van der Waals surface area contributed by atoms with Crippen molar-refractivity contribution in [2.24, 2.45) is 0 Å². The van der Waals surface area contributed by atoms with Crippen molar-refractivity contribution in [3.8, 4) is 0 Å². The molecule has 150 valence electrons. The highest BCUT2D eigenvalue weighted by Gasteiger charge is 2.13. The first kappa shape index (κ1) is 22.0. The molecule has 28 heavy (non-hydrogen) atoms. The van der Waals surface area contributed by atoms with Crippen molar-refractivity contribution in [3.63, 3.8) is 0 Å². The second-order valence-electron chi connectivity index (χ2n) is 4.80. The van der Waals surface area contributed by atoms with Crippen LogP contribution in [0.2, 0.25) is 0 Å². The molecule has 0 aliphatic heterocycles. The lowest BCUT2D eigenvalue weighted by Gasteiger charge is -1.97. The second-order valence-corrected chi connectivity index (χ2v) is 9.38. The van der Waals surface area contributed by atoms with E-state index in [9.17, 15) is 19.2 Å². The zero-order chi connectivity index (χ0) is 20.5. The maximum Gasteiger partial charge on any atom is 0.303 e. The number of amides is 2. The minimum atomic E-state index is -1.06. The summed E-state index contributed by atoms with van der Waals surface area (Å²) in [5.41, 5.74) is 0. The Bertz CT molecular complexity index is 800. The van der Waals surface area contributed by atoms with E-state index in [1.165, 1.54) is 21.6 Å². The number of carboxylic acid groups (broad SMARTS) is 2. The van der Waals surface area contributed by atoms with E-state index < -0.39 is 23.8 Å². The van der Waals surface area contributed by atoms with Gasteiger partial charge in [-0.05, 0) is 21.6 Å². The summed E-state index contributed by atoms with van der Waals surface area (Å²) in [4.78, 5) is 44.0. The Kier molecular flexibility index (Phi) is 8.55. The average Bonchev–Trinajstić information content (AvgIpc) is 3.25. The van der Waals surface area contributed by atoms with E-state index in [0.29, 0.717) is 8.68 Å². The highest BCUT2D eigenvalue weighted by molar-refractivity contribution is 8.77. The summed E-state index contributed by atoms with van der Waals surface area (Å²) in [6, 6.07) is 0. The van der Waals surface area contributed by atoms with Crippen LogP contribution in [0.15, 0.2) is 8.68 Å². The molecule has 0 bridgehead atoms. The smallest absolute Gasteiger partial charge is 0.303 e. The SMILES string of the molecule is O=C(O)CCC(=O)Nc1nnc(SSc2nnc(NC(=O)CCC(=O)O)s2)s1. The number of carbonyl (C=O) groups excluding carboxylic acids is 2. The Hall–Kier alpha value is -2.30. The fourth-order valence-corrected chi connectivity index (χ4v) is 5.34. The molecule has 0 unspecified atom stereocenters. The minimum absolute atomic E-state index is 0.155. The molecule has 16 heteroatoms. The van der Waals surface area contributed by atoms with Gasteiger partial charge in [-0.2, -0.15) is 0 Å². The summed E-state index contributed by atoms with van der Waals surface area (Å²) in [7, 11) is 2.44. The van der Waals surface area contributed by atoms with Crippen molar-refractivity contribution in [2.45, 2.75) is 34.4 Å². The van der Waals surface area contributed by atoms with E-state index in [0.717, 1.165) is 22.7 Å². The van der Waals surface area contributed by atoms with Crippen LogP contribution in [-0.2, 0) is 19.2 Å². The van der Waals surface area contributed by atoms with Crippen molar-refractivity contribution < 1.29 is 29.4 Å². The molecule has 0 aromatic carbocycles. The molecule has 2 aromatic rings. The number of rotatable bonds is 11. The zero-order valence-electron chi connectivity index (χ0n) is 13.8. The molecule has 12 nitrogen and oxygen atoms in total. The maximum absolute atomic E-state index is 11.5. The Morgan fingerprint density at radius 2 is 1.11 bits per heavy atom. The molecule has 2 amide bonds. The van der Waals surface area contributed by atoms with Crippen LogP contribution in [0, 0.1) is 0 Å². The number of nitrogens with zero attached hydrogens (tertiary/aromatic N) is 4. The summed E-state index contributed by atoms with van der Waals surface area (Å²) < 4.78 is 1.06. The molecule has 0 radical (unpaired) electrons. The first-order valence-electron chi connectivity index (χ1n) is 7.36. The van der Waals surface area contributed by atoms with Crippen LogP contribution in [0.3, 0.4) is 0 Å². The van der Waals surface area contributed by atoms with Gasteiger partial charge in [0.15, 0.2) is 8.68 Å². The van der Waals surface area contributed by atoms with Crippen LogP contribution >= 0.6 is 44.3 Å². The third-order valence-corrected chi connectivity index (χ3v) is 7.25. The van der Waals surface area contributed by atoms with Crippen molar-refractivity contribution in [2.75, 3.05) is 10.6 Å². The lowest BCUT2D eigenvalue weighted by Crippen LogP contribution is -2.12. The van der Waals surface area contributed by atoms with E-state index in [1.807, 2.05) is 0 Å². The third-order valence-electron chi connectivity index (χ3n) is 2.62. The average molecular weight is 465 g/mol. The van der Waals surface area contributed by atoms with E-state index in [2.05, 4.69) is 31.0 Å². The van der Waals surface area contributed by atoms with Crippen molar-refractivity contribution >= 4 is 78.3 Å². The van der Waals surface area contributed by atoms with Crippen LogP contribution in [0.4, 0.5) is 10.3 Å². The largest absolute Gasteiger partial charge is 0.481 e. The van der Waals surface area contributed by atoms with E-state index in [4.69, 9.17) is 10.2 Å². The highest BCUT2D eigenvalue weighted by Crippen LogP contribution is 2.41. The normalized spacial score (nSPS) is 10.4. The highest BCUT2D eigenvalue weighted by atomic mass is 33.1. The maximum atomic E-state index is 11.5. The molecule has 0 spiro atoms. The summed E-state index contributed by atoms with van der Waals surface area (Å²) in [5, 5.41) is 37.9. The predicted molar refractivity (Wildman–Crippen MR) is 103 cm³/mol. The second kappa shape index (κ2) is 10.9. The van der Waals surface area contributed by atoms with Crippen LogP contribution in [0.5, 0.6) is 0 Å². The van der Waals surface area contributed by atoms with E-state index in [-0.39, 0.29) is 35.9 Å². The van der Waals surface area contributed by atoms with Crippen molar-refractivity contribution in [1.82, 2.24) is 20.4 Å². The number of aliphatic carboxylic acids is 2. The number of nitrogens with one attached hydrogen (secondary N) is 2. The van der Waals surface area contributed by atoms with Gasteiger partial charge in [0.1, 0.15) is 0 Å². The van der Waals surface area contributed by atoms with Gasteiger partial charge in [-0.25, -0.2) is 0 Å². The van der Waals surface area contributed by atoms with Gasteiger partial charge >= 0.3 is 11.9 Å². The predicted octanol–water partition coefficient (Wildman–Crippen LogP) is 1.80. The first-order chi connectivity index (χ1) is 13.3. The number of carbonyl (C=O) groups is 4. The van der Waals surface area contributed by atoms with Gasteiger partial charge in [-0.3, -0.25) is 19.2 Å². The Morgan fingerprint density at radius 3 is 1.46 bits per heavy atom. The fraction of sp³-hybridized carbons (Fsp3) is 0.333. The summed E-state index contributed by atoms with van der Waals surface area (Å²) in [6.07, 6.45) is -0.849. The number of hydrogen-bond acceptors (Lipinski definition) is 12. The van der Waals surface area contributed by atoms with Gasteiger partial charge in [-0.15, -0.1) is 20.4 Å². The van der Waals surface area contributed by atoms with E-state index >= 15 is 0 Å². The molecule has 0 aliphatic carbocycles. The molecule has 2 rings (SSSR count). The van der Waals surface area contributed by atoms with Gasteiger partial charge in [0.25, 0.3) is 0 Å².